The van der Waals surface area contributed by atoms with Gasteiger partial charge in [0, 0.05) is 18.5 Å². The van der Waals surface area contributed by atoms with Crippen LogP contribution in [-0.2, 0) is 11.1 Å². The lowest BCUT2D eigenvalue weighted by Gasteiger charge is -2.07. The molecule has 0 aliphatic carbocycles. The van der Waals surface area contributed by atoms with Crippen LogP contribution < -0.4 is 5.32 Å². The Balaban J connectivity index is 2.21. The third-order valence-electron chi connectivity index (χ3n) is 4.17. The van der Waals surface area contributed by atoms with Gasteiger partial charge < -0.3 is 15.1 Å². The summed E-state index contributed by atoms with van der Waals surface area (Å²) in [5.74, 6) is 0.205. The molecule has 5 nitrogen and oxygen atoms in total. The van der Waals surface area contributed by atoms with Crippen molar-refractivity contribution in [3.63, 3.8) is 0 Å². The molecule has 0 unspecified atom stereocenters. The summed E-state index contributed by atoms with van der Waals surface area (Å²) in [7, 11) is -3.89. The lowest BCUT2D eigenvalue weighted by molar-refractivity contribution is 0.0979. The van der Waals surface area contributed by atoms with Crippen molar-refractivity contribution in [1.82, 2.24) is 5.32 Å². The molecule has 0 atom stereocenters. The van der Waals surface area contributed by atoms with E-state index in [-0.39, 0.29) is 11.9 Å². The third-order valence-corrected chi connectivity index (χ3v) is 5.06. The summed E-state index contributed by atoms with van der Waals surface area (Å²) in [6.07, 6.45) is 8.06. The number of carbonyl (C=O) groups is 1. The van der Waals surface area contributed by atoms with Crippen molar-refractivity contribution in [1.29, 1.82) is 0 Å². The van der Waals surface area contributed by atoms with Crippen molar-refractivity contribution in [2.24, 2.45) is 0 Å². The summed E-state index contributed by atoms with van der Waals surface area (Å²) >= 11 is 0. The molecule has 0 amide bonds. The van der Waals surface area contributed by atoms with Gasteiger partial charge in [0.1, 0.15) is 0 Å². The highest BCUT2D eigenvalue weighted by Gasteiger charge is 2.11. The molecule has 3 N–H and O–H groups in total. The number of rotatable bonds is 14. The topological polar surface area (TPSA) is 86.6 Å². The third kappa shape index (κ3) is 11.3. The van der Waals surface area contributed by atoms with Crippen LogP contribution in [0.4, 0.5) is 0 Å². The van der Waals surface area contributed by atoms with Crippen LogP contribution in [0.5, 0.6) is 0 Å². The molecule has 0 aliphatic heterocycles. The van der Waals surface area contributed by atoms with Gasteiger partial charge in [-0.1, -0.05) is 63.3 Å². The lowest BCUT2D eigenvalue weighted by Crippen LogP contribution is -2.15. The average Bonchev–Trinajstić information content (AvgIpc) is 2.57. The van der Waals surface area contributed by atoms with E-state index >= 15 is 0 Å². The second-order valence-corrected chi connectivity index (χ2v) is 8.33. The fourth-order valence-corrected chi connectivity index (χ4v) is 3.23. The van der Waals surface area contributed by atoms with E-state index in [4.69, 9.17) is 9.79 Å². The van der Waals surface area contributed by atoms with Gasteiger partial charge in [0.25, 0.3) is 0 Å². The van der Waals surface area contributed by atoms with E-state index in [0.29, 0.717) is 25.9 Å². The first-order valence-electron chi connectivity index (χ1n) is 9.30. The van der Waals surface area contributed by atoms with Crippen LogP contribution in [0.3, 0.4) is 0 Å². The quantitative estimate of drug-likeness (QED) is 0.259. The maximum atomic E-state index is 12.1. The number of carbonyl (C=O) groups excluding carboxylic acids is 1. The van der Waals surface area contributed by atoms with Crippen LogP contribution in [0.2, 0.25) is 0 Å². The van der Waals surface area contributed by atoms with E-state index in [0.717, 1.165) is 24.0 Å². The maximum Gasteiger partial charge on any atom is 0.325 e. The van der Waals surface area contributed by atoms with Crippen LogP contribution in [-0.4, -0.2) is 28.3 Å². The van der Waals surface area contributed by atoms with Gasteiger partial charge >= 0.3 is 7.60 Å². The zero-order chi connectivity index (χ0) is 18.5. The summed E-state index contributed by atoms with van der Waals surface area (Å²) in [6, 6.07) is 7.60. The molecule has 25 heavy (non-hydrogen) atoms. The van der Waals surface area contributed by atoms with Gasteiger partial charge in [-0.05, 0) is 24.9 Å². The van der Waals surface area contributed by atoms with E-state index in [1.54, 1.807) is 0 Å². The normalized spacial score (nSPS) is 11.6. The molecule has 0 fully saturated rings. The Bertz CT molecular complexity index is 539. The molecule has 1 rings (SSSR count). The van der Waals surface area contributed by atoms with Gasteiger partial charge in [-0.15, -0.1) is 0 Å². The number of nitrogens with one attached hydrogen (secondary N) is 1. The first-order valence-corrected chi connectivity index (χ1v) is 11.1. The Morgan fingerprint density at radius 3 is 2.28 bits per heavy atom. The Kier molecular flexibility index (Phi) is 10.9. The molecule has 1 aromatic carbocycles. The van der Waals surface area contributed by atoms with Crippen molar-refractivity contribution in [3.8, 4) is 0 Å². The SMILES string of the molecule is CCCCCCCCC(=O)c1ccc(CNCCCP(=O)(O)O)cc1. The number of ketones is 1. The summed E-state index contributed by atoms with van der Waals surface area (Å²) in [6.45, 7) is 3.39. The standard InChI is InChI=1S/C19H32NO4P/c1-2-3-4-5-6-7-9-19(21)18-12-10-17(11-13-18)16-20-14-8-15-25(22,23)24/h10-13,20H,2-9,14-16H2,1H3,(H2,22,23,24). The molecule has 0 saturated carbocycles. The molecule has 0 saturated heterocycles. The molecular weight excluding hydrogens is 337 g/mol. The monoisotopic (exact) mass is 369 g/mol. The molecule has 0 heterocycles. The molecule has 0 aliphatic rings. The highest BCUT2D eigenvalue weighted by molar-refractivity contribution is 7.51. The van der Waals surface area contributed by atoms with E-state index in [9.17, 15) is 9.36 Å². The predicted octanol–water partition coefficient (Wildman–Crippen LogP) is 4.28. The summed E-state index contributed by atoms with van der Waals surface area (Å²) in [4.78, 5) is 29.7. The van der Waals surface area contributed by atoms with Crippen LogP contribution >= 0.6 is 7.60 Å². The summed E-state index contributed by atoms with van der Waals surface area (Å²) in [5, 5.41) is 3.15. The first kappa shape index (κ1) is 22.0. The Hall–Kier alpha value is -1.00. The minimum atomic E-state index is -3.89. The smallest absolute Gasteiger partial charge is 0.324 e. The van der Waals surface area contributed by atoms with Gasteiger partial charge in [-0.2, -0.15) is 0 Å². The summed E-state index contributed by atoms with van der Waals surface area (Å²) < 4.78 is 10.7. The van der Waals surface area contributed by atoms with E-state index in [1.165, 1.54) is 25.7 Å². The molecule has 1 aromatic rings. The largest absolute Gasteiger partial charge is 0.325 e. The van der Waals surface area contributed by atoms with Gasteiger partial charge in [0.2, 0.25) is 0 Å². The number of hydrogen-bond donors (Lipinski definition) is 3. The van der Waals surface area contributed by atoms with Crippen molar-refractivity contribution in [2.75, 3.05) is 12.7 Å². The fourth-order valence-electron chi connectivity index (χ4n) is 2.66. The Morgan fingerprint density at radius 2 is 1.64 bits per heavy atom. The fraction of sp³-hybridized carbons (Fsp3) is 0.632. The maximum absolute atomic E-state index is 12.1. The molecule has 0 radical (unpaired) electrons. The highest BCUT2D eigenvalue weighted by Crippen LogP contribution is 2.34. The van der Waals surface area contributed by atoms with Crippen LogP contribution in [0.1, 0.15) is 74.2 Å². The number of hydrogen-bond acceptors (Lipinski definition) is 3. The average molecular weight is 369 g/mol. The Morgan fingerprint density at radius 1 is 1.00 bits per heavy atom. The zero-order valence-electron chi connectivity index (χ0n) is 15.2. The second kappa shape index (κ2) is 12.4. The highest BCUT2D eigenvalue weighted by atomic mass is 31.2. The van der Waals surface area contributed by atoms with Crippen molar-refractivity contribution in [3.05, 3.63) is 35.4 Å². The minimum absolute atomic E-state index is 0.0914. The lowest BCUT2D eigenvalue weighted by atomic mass is 10.0. The summed E-state index contributed by atoms with van der Waals surface area (Å²) in [5.41, 5.74) is 1.83. The van der Waals surface area contributed by atoms with E-state index < -0.39 is 7.60 Å². The van der Waals surface area contributed by atoms with Gasteiger partial charge in [-0.25, -0.2) is 0 Å². The predicted molar refractivity (Wildman–Crippen MR) is 102 cm³/mol. The Labute approximate surface area is 151 Å². The zero-order valence-corrected chi connectivity index (χ0v) is 16.1. The van der Waals surface area contributed by atoms with Gasteiger partial charge in [0.05, 0.1) is 6.16 Å². The molecule has 0 spiro atoms. The number of unbranched alkanes of at least 4 members (excludes halogenated alkanes) is 5. The molecule has 6 heteroatoms. The van der Waals surface area contributed by atoms with Crippen molar-refractivity contribution >= 4 is 13.4 Å². The number of benzene rings is 1. The van der Waals surface area contributed by atoms with Crippen LogP contribution in [0.15, 0.2) is 24.3 Å². The minimum Gasteiger partial charge on any atom is -0.324 e. The van der Waals surface area contributed by atoms with Crippen molar-refractivity contribution < 1.29 is 19.1 Å². The second-order valence-electron chi connectivity index (χ2n) is 6.56. The van der Waals surface area contributed by atoms with Crippen LogP contribution in [0, 0.1) is 0 Å². The van der Waals surface area contributed by atoms with Gasteiger partial charge in [-0.3, -0.25) is 9.36 Å². The van der Waals surface area contributed by atoms with Crippen molar-refractivity contribution in [2.45, 2.75) is 64.8 Å². The van der Waals surface area contributed by atoms with E-state index in [1.807, 2.05) is 24.3 Å². The molecular formula is C19H32NO4P. The molecule has 0 bridgehead atoms. The van der Waals surface area contributed by atoms with Gasteiger partial charge in [0.15, 0.2) is 5.78 Å². The van der Waals surface area contributed by atoms with Crippen LogP contribution in [0.25, 0.3) is 0 Å². The first-order chi connectivity index (χ1) is 11.9. The molecule has 142 valence electrons. The van der Waals surface area contributed by atoms with E-state index in [2.05, 4.69) is 12.2 Å². The number of Topliss-reactive ketones (excluding diaryl/α,β-unsaturated/α-hetero) is 1. The molecule has 0 aromatic heterocycles.